The van der Waals surface area contributed by atoms with Crippen LogP contribution in [0.4, 0.5) is 5.69 Å². The molecule has 0 bridgehead atoms. The van der Waals surface area contributed by atoms with Crippen molar-refractivity contribution in [3.8, 4) is 22.9 Å². The fourth-order valence-corrected chi connectivity index (χ4v) is 6.16. The number of nitrogens with zero attached hydrogens (tertiary/aromatic N) is 3. The van der Waals surface area contributed by atoms with Gasteiger partial charge >= 0.3 is 5.97 Å². The first kappa shape index (κ1) is 28.9. The molecule has 1 aliphatic rings. The number of esters is 1. The number of aromatic nitrogens is 2. The number of hydrogen-bond acceptors (Lipinski definition) is 6. The standard InChI is InChI=1S/C35H32N4O4S/c1-22-21-29(23(2)38(22)31-11-6-5-9-28(31)34(40)42-4)33-32(30-10-7-8-20-36-30)37-35(44)39(33)24-12-14-26(15-13-24)43-27-18-16-25(41-3)17-19-27/h5-21,32-33H,1-4H3,(H,37,44)/t32-,33-/m1/s1. The van der Waals surface area contributed by atoms with Gasteiger partial charge in [-0.2, -0.15) is 0 Å². The summed E-state index contributed by atoms with van der Waals surface area (Å²) in [4.78, 5) is 19.5. The molecule has 2 aromatic heterocycles. The van der Waals surface area contributed by atoms with Crippen LogP contribution in [-0.2, 0) is 4.74 Å². The van der Waals surface area contributed by atoms with Crippen LogP contribution in [0.3, 0.4) is 0 Å². The van der Waals surface area contributed by atoms with Crippen molar-refractivity contribution in [3.63, 3.8) is 0 Å². The first-order valence-corrected chi connectivity index (χ1v) is 14.6. The van der Waals surface area contributed by atoms with Gasteiger partial charge in [0.1, 0.15) is 17.2 Å². The van der Waals surface area contributed by atoms with Crippen molar-refractivity contribution in [2.24, 2.45) is 0 Å². The van der Waals surface area contributed by atoms with Gasteiger partial charge in [0.15, 0.2) is 5.11 Å². The zero-order valence-corrected chi connectivity index (χ0v) is 25.7. The lowest BCUT2D eigenvalue weighted by Gasteiger charge is -2.28. The van der Waals surface area contributed by atoms with Crippen molar-refractivity contribution in [2.75, 3.05) is 19.1 Å². The Kier molecular flexibility index (Phi) is 8.04. The average Bonchev–Trinajstić information content (AvgIpc) is 3.56. The highest BCUT2D eigenvalue weighted by Gasteiger charge is 2.42. The summed E-state index contributed by atoms with van der Waals surface area (Å²) in [5.41, 5.74) is 6.07. The molecule has 222 valence electrons. The molecule has 0 radical (unpaired) electrons. The van der Waals surface area contributed by atoms with Crippen LogP contribution in [0.5, 0.6) is 17.2 Å². The van der Waals surface area contributed by atoms with Crippen LogP contribution in [0.2, 0.25) is 0 Å². The molecule has 1 N–H and O–H groups in total. The van der Waals surface area contributed by atoms with Crippen LogP contribution in [0.15, 0.2) is 103 Å². The second-order valence-electron chi connectivity index (χ2n) is 10.4. The van der Waals surface area contributed by atoms with E-state index in [1.165, 1.54) is 7.11 Å². The lowest BCUT2D eigenvalue weighted by molar-refractivity contribution is 0.0600. The number of pyridine rings is 1. The highest BCUT2D eigenvalue weighted by atomic mass is 32.1. The van der Waals surface area contributed by atoms with Gasteiger partial charge in [0, 0.05) is 23.3 Å². The number of nitrogens with one attached hydrogen (secondary N) is 1. The van der Waals surface area contributed by atoms with Gasteiger partial charge in [-0.25, -0.2) is 4.79 Å². The van der Waals surface area contributed by atoms with Gasteiger partial charge in [0.25, 0.3) is 0 Å². The number of carbonyl (C=O) groups excluding carboxylic acids is 1. The van der Waals surface area contributed by atoms with E-state index in [0.717, 1.165) is 39.8 Å². The zero-order chi connectivity index (χ0) is 30.8. The Morgan fingerprint density at radius 1 is 0.864 bits per heavy atom. The number of hydrogen-bond donors (Lipinski definition) is 1. The third-order valence-electron chi connectivity index (χ3n) is 7.85. The second-order valence-corrected chi connectivity index (χ2v) is 10.8. The molecule has 0 saturated carbocycles. The molecule has 0 unspecified atom stereocenters. The first-order valence-electron chi connectivity index (χ1n) is 14.2. The largest absolute Gasteiger partial charge is 0.497 e. The van der Waals surface area contributed by atoms with Crippen LogP contribution in [0.1, 0.15) is 45.1 Å². The van der Waals surface area contributed by atoms with E-state index in [4.69, 9.17) is 31.4 Å². The second kappa shape index (κ2) is 12.2. The normalized spacial score (nSPS) is 16.0. The molecule has 2 atom stereocenters. The maximum atomic E-state index is 12.7. The van der Waals surface area contributed by atoms with Gasteiger partial charge in [0.2, 0.25) is 0 Å². The highest BCUT2D eigenvalue weighted by molar-refractivity contribution is 7.80. The van der Waals surface area contributed by atoms with Crippen LogP contribution in [0, 0.1) is 13.8 Å². The van der Waals surface area contributed by atoms with Crippen LogP contribution in [0.25, 0.3) is 5.69 Å². The number of rotatable bonds is 8. The Balaban J connectivity index is 1.41. The van der Waals surface area contributed by atoms with E-state index >= 15 is 0 Å². The molecule has 1 aliphatic heterocycles. The molecular formula is C35H32N4O4S. The summed E-state index contributed by atoms with van der Waals surface area (Å²) in [6.45, 7) is 4.11. The highest BCUT2D eigenvalue weighted by Crippen LogP contribution is 2.44. The zero-order valence-electron chi connectivity index (χ0n) is 24.9. The Labute approximate surface area is 261 Å². The van der Waals surface area contributed by atoms with Gasteiger partial charge in [-0.05, 0) is 110 Å². The van der Waals surface area contributed by atoms with E-state index < -0.39 is 0 Å². The summed E-state index contributed by atoms with van der Waals surface area (Å²) in [5, 5.41) is 4.13. The van der Waals surface area contributed by atoms with E-state index in [1.54, 1.807) is 19.4 Å². The first-order chi connectivity index (χ1) is 21.4. The lowest BCUT2D eigenvalue weighted by Crippen LogP contribution is -2.29. The van der Waals surface area contributed by atoms with Crippen molar-refractivity contribution in [1.82, 2.24) is 14.9 Å². The van der Waals surface area contributed by atoms with Crippen LogP contribution >= 0.6 is 12.2 Å². The van der Waals surface area contributed by atoms with Gasteiger partial charge in [-0.1, -0.05) is 18.2 Å². The number of methoxy groups -OCH3 is 2. The van der Waals surface area contributed by atoms with Gasteiger partial charge in [0.05, 0.1) is 43.2 Å². The number of thiocarbonyl (C=S) groups is 1. The topological polar surface area (TPSA) is 77.9 Å². The number of carbonyl (C=O) groups is 1. The third-order valence-corrected chi connectivity index (χ3v) is 8.16. The van der Waals surface area contributed by atoms with E-state index in [2.05, 4.69) is 27.8 Å². The van der Waals surface area contributed by atoms with E-state index in [1.807, 2.05) is 91.9 Å². The molecule has 5 aromatic rings. The number of anilines is 1. The summed E-state index contributed by atoms with van der Waals surface area (Å²) < 4.78 is 18.5. The number of para-hydroxylation sites is 1. The van der Waals surface area contributed by atoms with Crippen molar-refractivity contribution < 1.29 is 19.0 Å². The fourth-order valence-electron chi connectivity index (χ4n) is 5.81. The molecule has 1 saturated heterocycles. The summed E-state index contributed by atoms with van der Waals surface area (Å²) in [6, 6.07) is 30.4. The van der Waals surface area contributed by atoms with Gasteiger partial charge in [-0.3, -0.25) is 4.98 Å². The SMILES string of the molecule is COC(=O)c1ccccc1-n1c(C)cc([C@@H]2[C@@H](c3ccccn3)NC(=S)N2c2ccc(Oc3ccc(OC)cc3)cc2)c1C. The van der Waals surface area contributed by atoms with E-state index in [9.17, 15) is 4.79 Å². The van der Waals surface area contributed by atoms with Gasteiger partial charge < -0.3 is 29.0 Å². The molecule has 0 spiro atoms. The molecule has 3 heterocycles. The Morgan fingerprint density at radius 3 is 2.18 bits per heavy atom. The number of aryl methyl sites for hydroxylation is 1. The summed E-state index contributed by atoms with van der Waals surface area (Å²) in [6.07, 6.45) is 1.79. The van der Waals surface area contributed by atoms with Crippen LogP contribution in [-0.4, -0.2) is 34.9 Å². The van der Waals surface area contributed by atoms with Crippen LogP contribution < -0.4 is 19.7 Å². The average molecular weight is 605 g/mol. The van der Waals surface area contributed by atoms with Gasteiger partial charge in [-0.15, -0.1) is 0 Å². The molecular weight excluding hydrogens is 572 g/mol. The minimum absolute atomic E-state index is 0.219. The van der Waals surface area contributed by atoms with E-state index in [0.29, 0.717) is 22.2 Å². The Morgan fingerprint density at radius 2 is 1.52 bits per heavy atom. The maximum absolute atomic E-state index is 12.7. The summed E-state index contributed by atoms with van der Waals surface area (Å²) in [7, 11) is 3.03. The quantitative estimate of drug-likeness (QED) is 0.147. The maximum Gasteiger partial charge on any atom is 0.339 e. The molecule has 9 heteroatoms. The number of ether oxygens (including phenoxy) is 3. The Bertz CT molecular complexity index is 1800. The van der Waals surface area contributed by atoms with E-state index in [-0.39, 0.29) is 18.1 Å². The fraction of sp³-hybridized carbons (Fsp3) is 0.171. The molecule has 0 aliphatic carbocycles. The summed E-state index contributed by atoms with van der Waals surface area (Å²) in [5.74, 6) is 1.80. The van der Waals surface area contributed by atoms with Crippen molar-refractivity contribution in [3.05, 3.63) is 131 Å². The third kappa shape index (κ3) is 5.38. The lowest BCUT2D eigenvalue weighted by atomic mass is 9.96. The predicted molar refractivity (Wildman–Crippen MR) is 174 cm³/mol. The molecule has 8 nitrogen and oxygen atoms in total. The Hall–Kier alpha value is -5.15. The molecule has 44 heavy (non-hydrogen) atoms. The molecule has 6 rings (SSSR count). The monoisotopic (exact) mass is 604 g/mol. The summed E-state index contributed by atoms with van der Waals surface area (Å²) >= 11 is 5.96. The predicted octanol–water partition coefficient (Wildman–Crippen LogP) is 7.25. The molecule has 0 amide bonds. The van der Waals surface area contributed by atoms with Crippen molar-refractivity contribution >= 4 is 29.0 Å². The number of benzene rings is 3. The van der Waals surface area contributed by atoms with Crippen molar-refractivity contribution in [2.45, 2.75) is 25.9 Å². The smallest absolute Gasteiger partial charge is 0.339 e. The molecule has 3 aromatic carbocycles. The molecule has 1 fully saturated rings. The minimum Gasteiger partial charge on any atom is -0.497 e. The minimum atomic E-state index is -0.386. The van der Waals surface area contributed by atoms with Crippen molar-refractivity contribution in [1.29, 1.82) is 0 Å².